The van der Waals surface area contributed by atoms with Gasteiger partial charge in [0, 0.05) is 45.6 Å². The van der Waals surface area contributed by atoms with E-state index in [0.717, 1.165) is 30.8 Å². The highest BCUT2D eigenvalue weighted by atomic mass is 16.5. The number of likely N-dealkylation sites (tertiary alicyclic amines) is 1. The zero-order valence-electron chi connectivity index (χ0n) is 13.9. The maximum absolute atomic E-state index is 12.9. The second kappa shape index (κ2) is 6.16. The van der Waals surface area contributed by atoms with Gasteiger partial charge in [0.1, 0.15) is 11.3 Å². The van der Waals surface area contributed by atoms with Crippen molar-refractivity contribution in [2.45, 2.75) is 31.8 Å². The number of imidazole rings is 1. The number of likely N-dealkylation sites (N-methyl/N-ethyl adjacent to an activating group) is 1. The van der Waals surface area contributed by atoms with Crippen molar-refractivity contribution in [3.63, 3.8) is 0 Å². The summed E-state index contributed by atoms with van der Waals surface area (Å²) in [4.78, 5) is 21.0. The Morgan fingerprint density at radius 3 is 2.91 bits per heavy atom. The maximum atomic E-state index is 12.9. The van der Waals surface area contributed by atoms with Crippen LogP contribution in [0.5, 0.6) is 0 Å². The van der Waals surface area contributed by atoms with E-state index in [2.05, 4.69) is 15.0 Å². The maximum Gasteiger partial charge on any atom is 0.249 e. The Hall–Kier alpha value is -2.15. The fourth-order valence-corrected chi connectivity index (χ4v) is 3.40. The van der Waals surface area contributed by atoms with E-state index in [1.54, 1.807) is 31.5 Å². The number of piperidine rings is 1. The average molecular weight is 317 g/mol. The Morgan fingerprint density at radius 1 is 1.48 bits per heavy atom. The summed E-state index contributed by atoms with van der Waals surface area (Å²) in [5, 5.41) is 4.07. The molecule has 1 amide bonds. The Bertz CT molecular complexity index is 664. The van der Waals surface area contributed by atoms with E-state index in [-0.39, 0.29) is 5.91 Å². The molecule has 0 radical (unpaired) electrons. The van der Waals surface area contributed by atoms with Crippen molar-refractivity contribution < 1.29 is 9.32 Å². The number of amides is 1. The van der Waals surface area contributed by atoms with Gasteiger partial charge in [0.25, 0.3) is 0 Å². The summed E-state index contributed by atoms with van der Waals surface area (Å²) in [6.45, 7) is 4.17. The lowest BCUT2D eigenvalue weighted by Crippen LogP contribution is -2.57. The topological polar surface area (TPSA) is 67.4 Å². The van der Waals surface area contributed by atoms with Crippen LogP contribution < -0.4 is 0 Å². The zero-order chi connectivity index (χ0) is 16.4. The first-order valence-corrected chi connectivity index (χ1v) is 7.86. The van der Waals surface area contributed by atoms with Crippen molar-refractivity contribution in [3.8, 4) is 0 Å². The predicted molar refractivity (Wildman–Crippen MR) is 84.6 cm³/mol. The first-order valence-electron chi connectivity index (χ1n) is 7.86. The predicted octanol–water partition coefficient (Wildman–Crippen LogP) is 1.26. The third-order valence-electron chi connectivity index (χ3n) is 4.42. The van der Waals surface area contributed by atoms with Crippen molar-refractivity contribution in [1.29, 1.82) is 0 Å². The summed E-state index contributed by atoms with van der Waals surface area (Å²) >= 11 is 0. The monoisotopic (exact) mass is 317 g/mol. The molecular weight excluding hydrogens is 294 g/mol. The van der Waals surface area contributed by atoms with E-state index >= 15 is 0 Å². The molecule has 2 aromatic heterocycles. The highest BCUT2D eigenvalue weighted by Crippen LogP contribution is 2.31. The van der Waals surface area contributed by atoms with E-state index in [4.69, 9.17) is 4.52 Å². The van der Waals surface area contributed by atoms with Gasteiger partial charge in [-0.1, -0.05) is 5.16 Å². The van der Waals surface area contributed by atoms with Gasteiger partial charge in [0.15, 0.2) is 0 Å². The van der Waals surface area contributed by atoms with Crippen LogP contribution in [0.25, 0.3) is 0 Å². The summed E-state index contributed by atoms with van der Waals surface area (Å²) in [6, 6.07) is 1.95. The number of nitrogens with zero attached hydrogens (tertiary/aromatic N) is 5. The average Bonchev–Trinajstić information content (AvgIpc) is 3.18. The van der Waals surface area contributed by atoms with Gasteiger partial charge in [-0.15, -0.1) is 0 Å². The third-order valence-corrected chi connectivity index (χ3v) is 4.42. The van der Waals surface area contributed by atoms with Crippen LogP contribution in [0.2, 0.25) is 0 Å². The van der Waals surface area contributed by atoms with Gasteiger partial charge in [-0.2, -0.15) is 0 Å². The highest BCUT2D eigenvalue weighted by molar-refractivity contribution is 5.84. The number of aromatic nitrogens is 3. The molecule has 124 valence electrons. The minimum absolute atomic E-state index is 0.108. The van der Waals surface area contributed by atoms with E-state index in [1.165, 1.54) is 0 Å². The molecule has 1 aliphatic rings. The molecule has 1 unspecified atom stereocenters. The Kier molecular flexibility index (Phi) is 4.21. The molecule has 1 saturated heterocycles. The SMILES string of the molecule is Cc1cc(CN2CCCC(C(=O)N(C)C)(n3ccnc3)C2)no1. The smallest absolute Gasteiger partial charge is 0.249 e. The Labute approximate surface area is 135 Å². The van der Waals surface area contributed by atoms with Crippen molar-refractivity contribution in [3.05, 3.63) is 36.2 Å². The molecule has 3 heterocycles. The molecule has 1 aliphatic heterocycles. The lowest BCUT2D eigenvalue weighted by Gasteiger charge is -2.43. The van der Waals surface area contributed by atoms with Crippen LogP contribution in [0.15, 0.2) is 29.3 Å². The standard InChI is InChI=1S/C16H23N5O2/c1-13-9-14(18-23-13)10-20-7-4-5-16(11-20,15(22)19(2)3)21-8-6-17-12-21/h6,8-9,12H,4-5,7,10-11H2,1-3H3. The van der Waals surface area contributed by atoms with Crippen molar-refractivity contribution in [2.24, 2.45) is 0 Å². The van der Waals surface area contributed by atoms with Crippen LogP contribution >= 0.6 is 0 Å². The molecular formula is C16H23N5O2. The van der Waals surface area contributed by atoms with Gasteiger partial charge in [-0.25, -0.2) is 4.98 Å². The molecule has 1 atom stereocenters. The summed E-state index contributed by atoms with van der Waals surface area (Å²) in [5.74, 6) is 0.916. The fraction of sp³-hybridized carbons (Fsp3) is 0.562. The van der Waals surface area contributed by atoms with Crippen LogP contribution in [0.3, 0.4) is 0 Å². The number of carbonyl (C=O) groups excluding carboxylic acids is 1. The molecule has 0 bridgehead atoms. The quantitative estimate of drug-likeness (QED) is 0.849. The summed E-state index contributed by atoms with van der Waals surface area (Å²) in [6.07, 6.45) is 7.12. The van der Waals surface area contributed by atoms with E-state index in [9.17, 15) is 4.79 Å². The molecule has 7 nitrogen and oxygen atoms in total. The van der Waals surface area contributed by atoms with Gasteiger partial charge in [0.2, 0.25) is 5.91 Å². The number of carbonyl (C=O) groups is 1. The van der Waals surface area contributed by atoms with Gasteiger partial charge >= 0.3 is 0 Å². The third kappa shape index (κ3) is 3.01. The molecule has 23 heavy (non-hydrogen) atoms. The Balaban J connectivity index is 1.86. The molecule has 0 aromatic carbocycles. The number of rotatable bonds is 4. The minimum atomic E-state index is -0.600. The van der Waals surface area contributed by atoms with Crippen LogP contribution in [0.4, 0.5) is 0 Å². The van der Waals surface area contributed by atoms with Crippen LogP contribution in [0, 0.1) is 6.92 Å². The molecule has 0 aliphatic carbocycles. The van der Waals surface area contributed by atoms with Crippen molar-refractivity contribution in [2.75, 3.05) is 27.2 Å². The molecule has 0 N–H and O–H groups in total. The van der Waals surface area contributed by atoms with Crippen LogP contribution in [-0.4, -0.2) is 57.6 Å². The molecule has 0 saturated carbocycles. The summed E-state index contributed by atoms with van der Waals surface area (Å²) in [7, 11) is 3.61. The molecule has 2 aromatic rings. The Morgan fingerprint density at radius 2 is 2.30 bits per heavy atom. The first kappa shape index (κ1) is 15.7. The van der Waals surface area contributed by atoms with Gasteiger partial charge in [-0.3, -0.25) is 9.69 Å². The van der Waals surface area contributed by atoms with Crippen molar-refractivity contribution in [1.82, 2.24) is 24.5 Å². The van der Waals surface area contributed by atoms with E-state index in [0.29, 0.717) is 13.1 Å². The number of hydrogen-bond donors (Lipinski definition) is 0. The first-order chi connectivity index (χ1) is 11.0. The summed E-state index contributed by atoms with van der Waals surface area (Å²) < 4.78 is 7.10. The number of aryl methyl sites for hydroxylation is 1. The van der Waals surface area contributed by atoms with E-state index < -0.39 is 5.54 Å². The van der Waals surface area contributed by atoms with Gasteiger partial charge in [-0.05, 0) is 26.3 Å². The lowest BCUT2D eigenvalue weighted by molar-refractivity contribution is -0.141. The second-order valence-electron chi connectivity index (χ2n) is 6.44. The molecule has 1 fully saturated rings. The molecule has 7 heteroatoms. The fourth-order valence-electron chi connectivity index (χ4n) is 3.40. The second-order valence-corrected chi connectivity index (χ2v) is 6.44. The summed E-state index contributed by atoms with van der Waals surface area (Å²) in [5.41, 5.74) is 0.304. The number of hydrogen-bond acceptors (Lipinski definition) is 5. The van der Waals surface area contributed by atoms with Crippen molar-refractivity contribution >= 4 is 5.91 Å². The van der Waals surface area contributed by atoms with E-state index in [1.807, 2.05) is 23.8 Å². The zero-order valence-corrected chi connectivity index (χ0v) is 13.9. The largest absolute Gasteiger partial charge is 0.361 e. The highest BCUT2D eigenvalue weighted by Gasteiger charge is 2.44. The van der Waals surface area contributed by atoms with Gasteiger partial charge in [0.05, 0.1) is 12.0 Å². The molecule has 0 spiro atoms. The molecule has 3 rings (SSSR count). The normalized spacial score (nSPS) is 22.2. The van der Waals surface area contributed by atoms with Gasteiger partial charge < -0.3 is 14.0 Å². The van der Waals surface area contributed by atoms with Crippen LogP contribution in [0.1, 0.15) is 24.3 Å². The van der Waals surface area contributed by atoms with Crippen LogP contribution in [-0.2, 0) is 16.9 Å². The minimum Gasteiger partial charge on any atom is -0.361 e. The lowest BCUT2D eigenvalue weighted by atomic mass is 9.87.